The molecule has 21 heavy (non-hydrogen) atoms. The van der Waals surface area contributed by atoms with Gasteiger partial charge in [-0.2, -0.15) is 0 Å². The molecule has 0 atom stereocenters. The van der Waals surface area contributed by atoms with E-state index >= 15 is 0 Å². The van der Waals surface area contributed by atoms with Crippen LogP contribution in [0.5, 0.6) is 11.5 Å². The first kappa shape index (κ1) is 14.8. The van der Waals surface area contributed by atoms with Crippen molar-refractivity contribution in [2.24, 2.45) is 0 Å². The van der Waals surface area contributed by atoms with Crippen LogP contribution in [0.4, 0.5) is 11.4 Å². The number of nitrogens with two attached hydrogens (primary N) is 1. The van der Waals surface area contributed by atoms with Crippen molar-refractivity contribution in [3.63, 3.8) is 0 Å². The molecule has 2 aromatic rings. The average Bonchev–Trinajstić information content (AvgIpc) is 2.48. The number of nitrogens with zero attached hydrogens (tertiary/aromatic N) is 1. The molecule has 0 amide bonds. The van der Waals surface area contributed by atoms with Crippen molar-refractivity contribution in [3.05, 3.63) is 58.1 Å². The number of benzene rings is 2. The van der Waals surface area contributed by atoms with E-state index in [2.05, 4.69) is 6.92 Å². The minimum atomic E-state index is -0.483. The van der Waals surface area contributed by atoms with Gasteiger partial charge in [0.2, 0.25) is 0 Å². The highest BCUT2D eigenvalue weighted by molar-refractivity contribution is 5.59. The number of unbranched alkanes of at least 4 members (excludes halogenated alkanes) is 1. The molecule has 0 aromatic heterocycles. The van der Waals surface area contributed by atoms with Crippen molar-refractivity contribution in [1.82, 2.24) is 0 Å². The van der Waals surface area contributed by atoms with Gasteiger partial charge in [-0.1, -0.05) is 25.5 Å². The fourth-order valence-corrected chi connectivity index (χ4v) is 1.97. The van der Waals surface area contributed by atoms with Gasteiger partial charge in [0, 0.05) is 12.1 Å². The summed E-state index contributed by atoms with van der Waals surface area (Å²) >= 11 is 0. The standard InChI is InChI=1S/C16H18N2O3/c1-2-3-4-12-5-8-14(9-6-12)21-16-10-7-13(18(19)20)11-15(16)17/h5-11H,2-4,17H2,1H3. The highest BCUT2D eigenvalue weighted by Crippen LogP contribution is 2.30. The van der Waals surface area contributed by atoms with Gasteiger partial charge in [-0.3, -0.25) is 10.1 Å². The molecule has 0 spiro atoms. The topological polar surface area (TPSA) is 78.4 Å². The number of hydrogen-bond donors (Lipinski definition) is 1. The van der Waals surface area contributed by atoms with Crippen molar-refractivity contribution in [3.8, 4) is 11.5 Å². The molecule has 0 heterocycles. The van der Waals surface area contributed by atoms with Gasteiger partial charge in [0.25, 0.3) is 5.69 Å². The number of nitrogen functional groups attached to an aromatic ring is 1. The lowest BCUT2D eigenvalue weighted by Gasteiger charge is -2.09. The molecule has 0 aliphatic heterocycles. The molecule has 2 rings (SSSR count). The van der Waals surface area contributed by atoms with Crippen molar-refractivity contribution < 1.29 is 9.66 Å². The second kappa shape index (κ2) is 6.74. The van der Waals surface area contributed by atoms with E-state index in [1.165, 1.54) is 23.8 Å². The molecule has 0 fully saturated rings. The minimum absolute atomic E-state index is 0.0465. The highest BCUT2D eigenvalue weighted by Gasteiger charge is 2.10. The van der Waals surface area contributed by atoms with Gasteiger partial charge < -0.3 is 10.5 Å². The monoisotopic (exact) mass is 286 g/mol. The Bertz CT molecular complexity index is 624. The quantitative estimate of drug-likeness (QED) is 0.487. The zero-order valence-corrected chi connectivity index (χ0v) is 11.9. The zero-order valence-electron chi connectivity index (χ0n) is 11.9. The lowest BCUT2D eigenvalue weighted by Crippen LogP contribution is -1.95. The summed E-state index contributed by atoms with van der Waals surface area (Å²) in [5.41, 5.74) is 7.24. The van der Waals surface area contributed by atoms with E-state index in [1.54, 1.807) is 0 Å². The Morgan fingerprint density at radius 1 is 1.19 bits per heavy atom. The van der Waals surface area contributed by atoms with Crippen LogP contribution >= 0.6 is 0 Å². The van der Waals surface area contributed by atoms with E-state index < -0.39 is 4.92 Å². The maximum absolute atomic E-state index is 10.7. The Balaban J connectivity index is 2.09. The van der Waals surface area contributed by atoms with Crippen LogP contribution in [0.1, 0.15) is 25.3 Å². The summed E-state index contributed by atoms with van der Waals surface area (Å²) in [6, 6.07) is 12.0. The molecule has 110 valence electrons. The van der Waals surface area contributed by atoms with E-state index in [4.69, 9.17) is 10.5 Å². The Kier molecular flexibility index (Phi) is 4.77. The van der Waals surface area contributed by atoms with E-state index in [0.717, 1.165) is 19.3 Å². The number of non-ortho nitro benzene ring substituents is 1. The summed E-state index contributed by atoms with van der Waals surface area (Å²) in [4.78, 5) is 10.2. The maximum Gasteiger partial charge on any atom is 0.271 e. The van der Waals surface area contributed by atoms with Gasteiger partial charge in [-0.15, -0.1) is 0 Å². The third-order valence-corrected chi connectivity index (χ3v) is 3.17. The number of nitro groups is 1. The molecule has 0 aliphatic rings. The highest BCUT2D eigenvalue weighted by atomic mass is 16.6. The third-order valence-electron chi connectivity index (χ3n) is 3.17. The summed E-state index contributed by atoms with van der Waals surface area (Å²) in [5.74, 6) is 1.08. The predicted octanol–water partition coefficient (Wildman–Crippen LogP) is 4.31. The van der Waals surface area contributed by atoms with Crippen LogP contribution in [0.3, 0.4) is 0 Å². The van der Waals surface area contributed by atoms with Crippen LogP contribution in [0.15, 0.2) is 42.5 Å². The fourth-order valence-electron chi connectivity index (χ4n) is 1.97. The average molecular weight is 286 g/mol. The molecule has 0 aliphatic carbocycles. The number of rotatable bonds is 6. The normalized spacial score (nSPS) is 10.3. The zero-order chi connectivity index (χ0) is 15.2. The second-order valence-corrected chi connectivity index (χ2v) is 4.83. The van der Waals surface area contributed by atoms with Crippen LogP contribution in [-0.4, -0.2) is 4.92 Å². The summed E-state index contributed by atoms with van der Waals surface area (Å²) in [5, 5.41) is 10.7. The van der Waals surface area contributed by atoms with Gasteiger partial charge >= 0.3 is 0 Å². The summed E-state index contributed by atoms with van der Waals surface area (Å²) in [7, 11) is 0. The van der Waals surface area contributed by atoms with Crippen molar-refractivity contribution >= 4 is 11.4 Å². The largest absolute Gasteiger partial charge is 0.455 e. The predicted molar refractivity (Wildman–Crippen MR) is 82.6 cm³/mol. The molecule has 0 unspecified atom stereocenters. The number of aryl methyl sites for hydroxylation is 1. The third kappa shape index (κ3) is 3.95. The summed E-state index contributed by atoms with van der Waals surface area (Å²) < 4.78 is 5.66. The molecular weight excluding hydrogens is 268 g/mol. The maximum atomic E-state index is 10.7. The Morgan fingerprint density at radius 2 is 1.90 bits per heavy atom. The molecule has 2 aromatic carbocycles. The Labute approximate surface area is 123 Å². The van der Waals surface area contributed by atoms with Gasteiger partial charge in [0.1, 0.15) is 5.75 Å². The number of ether oxygens (including phenoxy) is 1. The van der Waals surface area contributed by atoms with Crippen LogP contribution in [0.25, 0.3) is 0 Å². The van der Waals surface area contributed by atoms with E-state index in [0.29, 0.717) is 11.5 Å². The van der Waals surface area contributed by atoms with Gasteiger partial charge in [0.15, 0.2) is 5.75 Å². The first-order valence-electron chi connectivity index (χ1n) is 6.91. The Morgan fingerprint density at radius 3 is 2.48 bits per heavy atom. The number of anilines is 1. The molecule has 0 saturated carbocycles. The number of hydrogen-bond acceptors (Lipinski definition) is 4. The van der Waals surface area contributed by atoms with Crippen molar-refractivity contribution in [1.29, 1.82) is 0 Å². The minimum Gasteiger partial charge on any atom is -0.455 e. The molecular formula is C16H18N2O3. The van der Waals surface area contributed by atoms with Crippen molar-refractivity contribution in [2.75, 3.05) is 5.73 Å². The van der Waals surface area contributed by atoms with Crippen molar-refractivity contribution in [2.45, 2.75) is 26.2 Å². The lowest BCUT2D eigenvalue weighted by molar-refractivity contribution is -0.384. The van der Waals surface area contributed by atoms with Crippen LogP contribution in [0.2, 0.25) is 0 Å². The Hall–Kier alpha value is -2.56. The molecule has 0 bridgehead atoms. The van der Waals surface area contributed by atoms with Crippen LogP contribution < -0.4 is 10.5 Å². The summed E-state index contributed by atoms with van der Waals surface area (Å²) in [6.45, 7) is 2.16. The molecule has 5 heteroatoms. The molecule has 5 nitrogen and oxygen atoms in total. The van der Waals surface area contributed by atoms with E-state index in [-0.39, 0.29) is 11.4 Å². The smallest absolute Gasteiger partial charge is 0.271 e. The summed E-state index contributed by atoms with van der Waals surface area (Å²) in [6.07, 6.45) is 3.38. The SMILES string of the molecule is CCCCc1ccc(Oc2ccc([N+](=O)[O-])cc2N)cc1. The van der Waals surface area contributed by atoms with Gasteiger partial charge in [0.05, 0.1) is 10.6 Å². The first-order valence-corrected chi connectivity index (χ1v) is 6.91. The second-order valence-electron chi connectivity index (χ2n) is 4.83. The van der Waals surface area contributed by atoms with Gasteiger partial charge in [-0.05, 0) is 36.6 Å². The first-order chi connectivity index (χ1) is 10.1. The number of nitro benzene ring substituents is 1. The lowest BCUT2D eigenvalue weighted by atomic mass is 10.1. The van der Waals surface area contributed by atoms with Crippen LogP contribution in [-0.2, 0) is 6.42 Å². The van der Waals surface area contributed by atoms with E-state index in [9.17, 15) is 10.1 Å². The molecule has 0 radical (unpaired) electrons. The molecule has 2 N–H and O–H groups in total. The fraction of sp³-hybridized carbons (Fsp3) is 0.250. The molecule has 0 saturated heterocycles. The van der Waals surface area contributed by atoms with Crippen LogP contribution in [0, 0.1) is 10.1 Å². The van der Waals surface area contributed by atoms with E-state index in [1.807, 2.05) is 24.3 Å². The van der Waals surface area contributed by atoms with Gasteiger partial charge in [-0.25, -0.2) is 0 Å².